The molecule has 1 heterocycles. The first-order valence-corrected chi connectivity index (χ1v) is 8.76. The Morgan fingerprint density at radius 3 is 2.67 bits per heavy atom. The molecule has 2 aromatic carbocycles. The number of benzene rings is 2. The van der Waals surface area contributed by atoms with Crippen molar-refractivity contribution in [3.05, 3.63) is 92.9 Å². The number of methoxy groups -OCH3 is 1. The molecule has 0 aliphatic rings. The zero-order valence-electron chi connectivity index (χ0n) is 15.0. The van der Waals surface area contributed by atoms with Crippen LogP contribution in [0.1, 0.15) is 21.5 Å². The second-order valence-corrected chi connectivity index (χ2v) is 6.52. The summed E-state index contributed by atoms with van der Waals surface area (Å²) >= 11 is 5.99. The lowest BCUT2D eigenvalue weighted by Crippen LogP contribution is -2.29. The van der Waals surface area contributed by atoms with Gasteiger partial charge in [0.25, 0.3) is 11.5 Å². The molecule has 0 atom stereocenters. The van der Waals surface area contributed by atoms with Gasteiger partial charge in [-0.05, 0) is 48.4 Å². The van der Waals surface area contributed by atoms with Gasteiger partial charge in [-0.2, -0.15) is 0 Å². The number of hydrogen-bond donors (Lipinski definition) is 1. The number of carbonyl (C=O) groups excluding carboxylic acids is 1. The van der Waals surface area contributed by atoms with Crippen molar-refractivity contribution >= 4 is 23.2 Å². The molecule has 1 amide bonds. The molecule has 0 fully saturated rings. The summed E-state index contributed by atoms with van der Waals surface area (Å²) in [6, 6.07) is 15.9. The standard InChI is InChI=1S/C21H19ClN2O3/c1-14-6-3-4-7-15(14)13-24-11-5-8-17(21(24)26)20(25)23-18-12-16(22)9-10-19(18)27-2/h3-12H,13H2,1-2H3,(H,23,25). The van der Waals surface area contributed by atoms with Crippen LogP contribution in [0.4, 0.5) is 5.69 Å². The van der Waals surface area contributed by atoms with Crippen LogP contribution < -0.4 is 15.6 Å². The Morgan fingerprint density at radius 1 is 1.15 bits per heavy atom. The predicted octanol–water partition coefficient (Wildman–Crippen LogP) is 4.12. The molecule has 0 saturated carbocycles. The lowest BCUT2D eigenvalue weighted by atomic mass is 10.1. The molecular formula is C21H19ClN2O3. The van der Waals surface area contributed by atoms with Crippen LogP contribution in [0.3, 0.4) is 0 Å². The van der Waals surface area contributed by atoms with Crippen LogP contribution in [0.25, 0.3) is 0 Å². The van der Waals surface area contributed by atoms with Crippen LogP contribution in [0.15, 0.2) is 65.6 Å². The van der Waals surface area contributed by atoms with Crippen molar-refractivity contribution in [1.29, 1.82) is 0 Å². The van der Waals surface area contributed by atoms with Gasteiger partial charge in [0.1, 0.15) is 11.3 Å². The molecule has 0 spiro atoms. The maximum absolute atomic E-state index is 12.8. The first kappa shape index (κ1) is 18.7. The van der Waals surface area contributed by atoms with E-state index in [1.807, 2.05) is 31.2 Å². The smallest absolute Gasteiger partial charge is 0.263 e. The summed E-state index contributed by atoms with van der Waals surface area (Å²) in [6.07, 6.45) is 1.67. The van der Waals surface area contributed by atoms with E-state index in [1.54, 1.807) is 30.5 Å². The Bertz CT molecular complexity index is 1040. The van der Waals surface area contributed by atoms with E-state index in [4.69, 9.17) is 16.3 Å². The number of nitrogens with one attached hydrogen (secondary N) is 1. The third-order valence-corrected chi connectivity index (χ3v) is 4.51. The fourth-order valence-electron chi connectivity index (χ4n) is 2.77. The minimum absolute atomic E-state index is 0.0492. The quantitative estimate of drug-likeness (QED) is 0.722. The van der Waals surface area contributed by atoms with Gasteiger partial charge in [-0.1, -0.05) is 35.9 Å². The lowest BCUT2D eigenvalue weighted by Gasteiger charge is -2.12. The van der Waals surface area contributed by atoms with Gasteiger partial charge < -0.3 is 14.6 Å². The first-order chi connectivity index (χ1) is 13.0. The molecule has 1 N–H and O–H groups in total. The zero-order valence-corrected chi connectivity index (χ0v) is 15.8. The van der Waals surface area contributed by atoms with Gasteiger partial charge in [-0.25, -0.2) is 0 Å². The molecule has 27 heavy (non-hydrogen) atoms. The number of hydrogen-bond acceptors (Lipinski definition) is 3. The number of ether oxygens (including phenoxy) is 1. The summed E-state index contributed by atoms with van der Waals surface area (Å²) in [5.74, 6) is -0.0522. The molecule has 3 rings (SSSR count). The normalized spacial score (nSPS) is 10.5. The van der Waals surface area contributed by atoms with Gasteiger partial charge >= 0.3 is 0 Å². The number of halogens is 1. The number of aryl methyl sites for hydroxylation is 1. The largest absolute Gasteiger partial charge is 0.495 e. The molecule has 0 bridgehead atoms. The zero-order chi connectivity index (χ0) is 19.4. The van der Waals surface area contributed by atoms with Crippen LogP contribution in [0.5, 0.6) is 5.75 Å². The summed E-state index contributed by atoms with van der Waals surface area (Å²) in [4.78, 5) is 25.4. The molecule has 138 valence electrons. The molecule has 6 heteroatoms. The maximum Gasteiger partial charge on any atom is 0.263 e. The summed E-state index contributed by atoms with van der Waals surface area (Å²) in [5.41, 5.74) is 2.20. The van der Waals surface area contributed by atoms with Gasteiger partial charge in [0, 0.05) is 11.2 Å². The van der Waals surface area contributed by atoms with E-state index in [0.717, 1.165) is 11.1 Å². The van der Waals surface area contributed by atoms with Crippen LogP contribution in [-0.2, 0) is 6.54 Å². The highest BCUT2D eigenvalue weighted by Crippen LogP contribution is 2.27. The molecular weight excluding hydrogens is 364 g/mol. The number of anilines is 1. The molecule has 3 aromatic rings. The molecule has 0 radical (unpaired) electrons. The number of nitrogens with zero attached hydrogens (tertiary/aromatic N) is 1. The highest BCUT2D eigenvalue weighted by Gasteiger charge is 2.15. The highest BCUT2D eigenvalue weighted by molar-refractivity contribution is 6.31. The van der Waals surface area contributed by atoms with Crippen molar-refractivity contribution in [2.45, 2.75) is 13.5 Å². The summed E-state index contributed by atoms with van der Waals surface area (Å²) < 4.78 is 6.75. The minimum atomic E-state index is -0.514. The van der Waals surface area contributed by atoms with E-state index in [2.05, 4.69) is 5.32 Å². The monoisotopic (exact) mass is 382 g/mol. The van der Waals surface area contributed by atoms with Crippen molar-refractivity contribution in [3.8, 4) is 5.75 Å². The van der Waals surface area contributed by atoms with Crippen LogP contribution in [-0.4, -0.2) is 17.6 Å². The lowest BCUT2D eigenvalue weighted by molar-refractivity contribution is 0.102. The third-order valence-electron chi connectivity index (χ3n) is 4.28. The van der Waals surface area contributed by atoms with Gasteiger partial charge in [-0.15, -0.1) is 0 Å². The highest BCUT2D eigenvalue weighted by atomic mass is 35.5. The van der Waals surface area contributed by atoms with Crippen molar-refractivity contribution in [3.63, 3.8) is 0 Å². The van der Waals surface area contributed by atoms with Gasteiger partial charge in [0.15, 0.2) is 0 Å². The van der Waals surface area contributed by atoms with E-state index < -0.39 is 5.91 Å². The van der Waals surface area contributed by atoms with Gasteiger partial charge in [-0.3, -0.25) is 9.59 Å². The van der Waals surface area contributed by atoms with Gasteiger partial charge in [0.05, 0.1) is 19.3 Å². The molecule has 0 saturated heterocycles. The van der Waals surface area contributed by atoms with Crippen LogP contribution in [0, 0.1) is 6.92 Å². The molecule has 0 unspecified atom stereocenters. The van der Waals surface area contributed by atoms with Crippen molar-refractivity contribution in [1.82, 2.24) is 4.57 Å². The number of amides is 1. The molecule has 5 nitrogen and oxygen atoms in total. The SMILES string of the molecule is COc1ccc(Cl)cc1NC(=O)c1cccn(Cc2ccccc2C)c1=O. The van der Waals surface area contributed by atoms with Crippen molar-refractivity contribution < 1.29 is 9.53 Å². The fraction of sp³-hybridized carbons (Fsp3) is 0.143. The average Bonchev–Trinajstić information content (AvgIpc) is 2.65. The second kappa shape index (κ2) is 8.10. The van der Waals surface area contributed by atoms with E-state index in [0.29, 0.717) is 23.0 Å². The van der Waals surface area contributed by atoms with Crippen LogP contribution in [0.2, 0.25) is 5.02 Å². The Morgan fingerprint density at radius 2 is 1.93 bits per heavy atom. The van der Waals surface area contributed by atoms with Gasteiger partial charge in [0.2, 0.25) is 0 Å². The summed E-state index contributed by atoms with van der Waals surface area (Å²) in [7, 11) is 1.50. The Labute approximate surface area is 162 Å². The Balaban J connectivity index is 1.90. The number of rotatable bonds is 5. The number of carbonyl (C=O) groups is 1. The Hall–Kier alpha value is -3.05. The summed E-state index contributed by atoms with van der Waals surface area (Å²) in [5, 5.41) is 3.15. The van der Waals surface area contributed by atoms with E-state index in [1.165, 1.54) is 17.7 Å². The number of pyridine rings is 1. The van der Waals surface area contributed by atoms with Crippen molar-refractivity contribution in [2.75, 3.05) is 12.4 Å². The fourth-order valence-corrected chi connectivity index (χ4v) is 2.94. The Kier molecular flexibility index (Phi) is 5.62. The topological polar surface area (TPSA) is 60.3 Å². The maximum atomic E-state index is 12.8. The molecule has 1 aromatic heterocycles. The predicted molar refractivity (Wildman–Crippen MR) is 107 cm³/mol. The van der Waals surface area contributed by atoms with Crippen LogP contribution >= 0.6 is 11.6 Å². The molecule has 0 aliphatic heterocycles. The average molecular weight is 383 g/mol. The van der Waals surface area contributed by atoms with E-state index >= 15 is 0 Å². The molecule has 0 aliphatic carbocycles. The van der Waals surface area contributed by atoms with Crippen molar-refractivity contribution in [2.24, 2.45) is 0 Å². The summed E-state index contributed by atoms with van der Waals surface area (Å²) in [6.45, 7) is 2.38. The minimum Gasteiger partial charge on any atom is -0.495 e. The second-order valence-electron chi connectivity index (χ2n) is 6.08. The third kappa shape index (κ3) is 4.20. The van der Waals surface area contributed by atoms with E-state index in [9.17, 15) is 9.59 Å². The van der Waals surface area contributed by atoms with E-state index in [-0.39, 0.29) is 11.1 Å². The number of aromatic nitrogens is 1. The first-order valence-electron chi connectivity index (χ1n) is 8.38.